The Labute approximate surface area is 149 Å². The molecule has 0 spiro atoms. The summed E-state index contributed by atoms with van der Waals surface area (Å²) in [6.45, 7) is 0.323. The van der Waals surface area contributed by atoms with Crippen molar-refractivity contribution in [1.29, 1.82) is 0 Å². The molecule has 0 unspecified atom stereocenters. The number of carbonyl (C=O) groups is 1. The second-order valence-electron chi connectivity index (χ2n) is 5.45. The normalized spacial score (nSPS) is 13.1. The van der Waals surface area contributed by atoms with Crippen LogP contribution in [0.4, 0.5) is 5.69 Å². The van der Waals surface area contributed by atoms with Crippen LogP contribution in [-0.4, -0.2) is 28.5 Å². The molecule has 4 N–H and O–H groups in total. The second-order valence-corrected chi connectivity index (χ2v) is 5.86. The number of nitrogens with one attached hydrogen (secondary N) is 1. The summed E-state index contributed by atoms with van der Waals surface area (Å²) in [6.07, 6.45) is -0.729. The molecule has 132 valence electrons. The number of amides is 1. The molecule has 0 heterocycles. The molecule has 0 saturated heterocycles. The number of halogens is 1. The van der Waals surface area contributed by atoms with Crippen LogP contribution in [0.1, 0.15) is 17.2 Å². The van der Waals surface area contributed by atoms with E-state index < -0.39 is 23.0 Å². The van der Waals surface area contributed by atoms with E-state index in [9.17, 15) is 20.0 Å². The van der Waals surface area contributed by atoms with Gasteiger partial charge in [0, 0.05) is 23.7 Å². The minimum atomic E-state index is -1.26. The van der Waals surface area contributed by atoms with Gasteiger partial charge in [-0.25, -0.2) is 0 Å². The summed E-state index contributed by atoms with van der Waals surface area (Å²) in [5.41, 5.74) is 6.90. The molecule has 0 aromatic heterocycles. The first kappa shape index (κ1) is 18.9. The molecule has 0 saturated carbocycles. The van der Waals surface area contributed by atoms with Crippen LogP contribution in [0, 0.1) is 10.1 Å². The highest BCUT2D eigenvalue weighted by Crippen LogP contribution is 2.20. The number of nitrogens with two attached hydrogens (primary N) is 1. The molecular formula is C17H18ClN3O4. The Kier molecular flexibility index (Phi) is 6.46. The molecule has 0 aliphatic heterocycles. The highest BCUT2D eigenvalue weighted by atomic mass is 35.5. The maximum Gasteiger partial charge on any atom is 0.269 e. The predicted octanol–water partition coefficient (Wildman–Crippen LogP) is 1.97. The van der Waals surface area contributed by atoms with Crippen molar-refractivity contribution in [3.63, 3.8) is 0 Å². The average molecular weight is 364 g/mol. The van der Waals surface area contributed by atoms with Gasteiger partial charge >= 0.3 is 0 Å². The van der Waals surface area contributed by atoms with Crippen LogP contribution in [0.2, 0.25) is 5.02 Å². The summed E-state index contributed by atoms with van der Waals surface area (Å²) < 4.78 is 0. The Morgan fingerprint density at radius 1 is 1.24 bits per heavy atom. The van der Waals surface area contributed by atoms with Crippen molar-refractivity contribution in [2.24, 2.45) is 5.73 Å². The molecule has 8 heteroatoms. The number of nitro groups is 1. The van der Waals surface area contributed by atoms with Crippen molar-refractivity contribution in [1.82, 2.24) is 5.32 Å². The zero-order valence-electron chi connectivity index (χ0n) is 13.3. The predicted molar refractivity (Wildman–Crippen MR) is 94.2 cm³/mol. The number of hydrogen-bond acceptors (Lipinski definition) is 5. The van der Waals surface area contributed by atoms with Gasteiger partial charge in [-0.05, 0) is 35.7 Å². The zero-order chi connectivity index (χ0) is 18.4. The van der Waals surface area contributed by atoms with E-state index in [1.807, 2.05) is 18.2 Å². The van der Waals surface area contributed by atoms with Crippen LogP contribution in [0.25, 0.3) is 0 Å². The minimum absolute atomic E-state index is 0.103. The molecule has 2 rings (SSSR count). The number of nitro benzene ring substituents is 1. The number of rotatable bonds is 7. The van der Waals surface area contributed by atoms with E-state index in [1.165, 1.54) is 24.3 Å². The van der Waals surface area contributed by atoms with E-state index in [0.29, 0.717) is 23.6 Å². The molecule has 0 aliphatic carbocycles. The largest absolute Gasteiger partial charge is 0.386 e. The van der Waals surface area contributed by atoms with E-state index in [0.717, 1.165) is 5.56 Å². The second kappa shape index (κ2) is 8.57. The van der Waals surface area contributed by atoms with Crippen molar-refractivity contribution in [3.05, 3.63) is 74.8 Å². The van der Waals surface area contributed by atoms with Crippen molar-refractivity contribution < 1.29 is 14.8 Å². The Hall–Kier alpha value is -2.48. The lowest BCUT2D eigenvalue weighted by Crippen LogP contribution is -2.45. The molecule has 0 bridgehead atoms. The number of nitrogens with zero attached hydrogens (tertiary/aromatic N) is 1. The molecule has 2 aromatic rings. The van der Waals surface area contributed by atoms with E-state index >= 15 is 0 Å². The smallest absolute Gasteiger partial charge is 0.269 e. The lowest BCUT2D eigenvalue weighted by molar-refractivity contribution is -0.384. The van der Waals surface area contributed by atoms with E-state index in [1.54, 1.807) is 6.07 Å². The van der Waals surface area contributed by atoms with Gasteiger partial charge in [0.2, 0.25) is 5.91 Å². The van der Waals surface area contributed by atoms with Crippen LogP contribution < -0.4 is 11.1 Å². The van der Waals surface area contributed by atoms with Gasteiger partial charge in [0.05, 0.1) is 4.92 Å². The molecule has 0 aliphatic rings. The number of carbonyl (C=O) groups excluding carboxylic acids is 1. The standard InChI is InChI=1S/C17H18ClN3O4/c18-14-4-2-1-3-11(14)9-10-20-17(23)15(19)16(22)12-5-7-13(8-6-12)21(24)25/h1-8,15-16,22H,9-10,19H2,(H,20,23)/t15-,16+/m1/s1. The highest BCUT2D eigenvalue weighted by molar-refractivity contribution is 6.31. The third kappa shape index (κ3) is 4.99. The lowest BCUT2D eigenvalue weighted by atomic mass is 10.0. The van der Waals surface area contributed by atoms with Crippen LogP contribution in [-0.2, 0) is 11.2 Å². The number of aliphatic hydroxyl groups is 1. The Balaban J connectivity index is 1.90. The SMILES string of the molecule is N[C@@H](C(=O)NCCc1ccccc1Cl)[C@@H](O)c1ccc([N+](=O)[O-])cc1. The summed E-state index contributed by atoms with van der Waals surface area (Å²) in [5.74, 6) is -0.516. The lowest BCUT2D eigenvalue weighted by Gasteiger charge is -2.18. The number of benzene rings is 2. The monoisotopic (exact) mass is 363 g/mol. The van der Waals surface area contributed by atoms with Crippen molar-refractivity contribution >= 4 is 23.2 Å². The average Bonchev–Trinajstić information content (AvgIpc) is 2.62. The van der Waals surface area contributed by atoms with Crippen molar-refractivity contribution in [2.75, 3.05) is 6.54 Å². The van der Waals surface area contributed by atoms with E-state index in [2.05, 4.69) is 5.32 Å². The fraction of sp³-hybridized carbons (Fsp3) is 0.235. The van der Waals surface area contributed by atoms with Gasteiger partial charge in [-0.3, -0.25) is 14.9 Å². The molecule has 2 aromatic carbocycles. The first-order valence-electron chi connectivity index (χ1n) is 7.59. The van der Waals surface area contributed by atoms with Crippen LogP contribution >= 0.6 is 11.6 Å². The Morgan fingerprint density at radius 3 is 2.48 bits per heavy atom. The van der Waals surface area contributed by atoms with E-state index in [-0.39, 0.29) is 5.69 Å². The van der Waals surface area contributed by atoms with Gasteiger partial charge < -0.3 is 16.2 Å². The number of hydrogen-bond donors (Lipinski definition) is 3. The quantitative estimate of drug-likeness (QED) is 0.513. The summed E-state index contributed by atoms with van der Waals surface area (Å²) in [7, 11) is 0. The molecule has 1 amide bonds. The van der Waals surface area contributed by atoms with Crippen LogP contribution in [0.5, 0.6) is 0 Å². The first-order valence-corrected chi connectivity index (χ1v) is 7.97. The number of non-ortho nitro benzene ring substituents is 1. The molecular weight excluding hydrogens is 346 g/mol. The van der Waals surface area contributed by atoms with Crippen molar-refractivity contribution in [3.8, 4) is 0 Å². The third-order valence-corrected chi connectivity index (χ3v) is 4.11. The van der Waals surface area contributed by atoms with Crippen LogP contribution in [0.15, 0.2) is 48.5 Å². The molecule has 25 heavy (non-hydrogen) atoms. The summed E-state index contributed by atoms with van der Waals surface area (Å²) in [4.78, 5) is 22.2. The molecule has 0 radical (unpaired) electrons. The first-order chi connectivity index (χ1) is 11.9. The number of aliphatic hydroxyl groups excluding tert-OH is 1. The molecule has 0 fully saturated rings. The van der Waals surface area contributed by atoms with Gasteiger partial charge in [0.25, 0.3) is 5.69 Å². The van der Waals surface area contributed by atoms with Gasteiger partial charge in [0.1, 0.15) is 12.1 Å². The maximum atomic E-state index is 12.1. The maximum absolute atomic E-state index is 12.1. The fourth-order valence-electron chi connectivity index (χ4n) is 2.28. The zero-order valence-corrected chi connectivity index (χ0v) is 14.0. The fourth-order valence-corrected chi connectivity index (χ4v) is 2.51. The summed E-state index contributed by atoms with van der Waals surface area (Å²) >= 11 is 6.04. The topological polar surface area (TPSA) is 118 Å². The summed E-state index contributed by atoms with van der Waals surface area (Å²) in [6, 6.07) is 11.4. The summed E-state index contributed by atoms with van der Waals surface area (Å²) in [5, 5.41) is 24.1. The minimum Gasteiger partial charge on any atom is -0.386 e. The molecule has 2 atom stereocenters. The van der Waals surface area contributed by atoms with Gasteiger partial charge in [-0.2, -0.15) is 0 Å². The van der Waals surface area contributed by atoms with Crippen LogP contribution in [0.3, 0.4) is 0 Å². The molecule has 7 nitrogen and oxygen atoms in total. The highest BCUT2D eigenvalue weighted by Gasteiger charge is 2.24. The van der Waals surface area contributed by atoms with Gasteiger partial charge in [-0.15, -0.1) is 0 Å². The Morgan fingerprint density at radius 2 is 1.88 bits per heavy atom. The Bertz CT molecular complexity index is 752. The van der Waals surface area contributed by atoms with Crippen molar-refractivity contribution in [2.45, 2.75) is 18.6 Å². The third-order valence-electron chi connectivity index (χ3n) is 3.74. The van der Waals surface area contributed by atoms with Gasteiger partial charge in [0.15, 0.2) is 0 Å². The van der Waals surface area contributed by atoms with E-state index in [4.69, 9.17) is 17.3 Å². The van der Waals surface area contributed by atoms with Gasteiger partial charge in [-0.1, -0.05) is 29.8 Å².